The molecule has 1 amide bonds. The molecule has 1 aliphatic heterocycles. The molecule has 0 radical (unpaired) electrons. The molecule has 0 unspecified atom stereocenters. The summed E-state index contributed by atoms with van der Waals surface area (Å²) in [4.78, 5) is 23.6. The van der Waals surface area contributed by atoms with Crippen LogP contribution in [0.15, 0.2) is 36.9 Å². The Bertz CT molecular complexity index is 927. The van der Waals surface area contributed by atoms with E-state index in [0.717, 1.165) is 30.1 Å². The number of benzene rings is 1. The van der Waals surface area contributed by atoms with Crippen LogP contribution >= 0.6 is 0 Å². The highest BCUT2D eigenvalue weighted by molar-refractivity contribution is 5.97. The zero-order chi connectivity index (χ0) is 18.8. The fraction of sp³-hybridized carbons (Fsp3) is 0.421. The molecule has 0 spiro atoms. The molecule has 0 bridgehead atoms. The molecule has 0 saturated carbocycles. The summed E-state index contributed by atoms with van der Waals surface area (Å²) in [6.45, 7) is 5.66. The first-order valence-corrected chi connectivity index (χ1v) is 9.18. The number of carbonyl (C=O) groups is 1. The Morgan fingerprint density at radius 2 is 2.15 bits per heavy atom. The van der Waals surface area contributed by atoms with E-state index in [-0.39, 0.29) is 11.9 Å². The van der Waals surface area contributed by atoms with Crippen LogP contribution in [0.3, 0.4) is 0 Å². The second kappa shape index (κ2) is 7.40. The molecule has 8 heteroatoms. The molecule has 1 saturated heterocycles. The van der Waals surface area contributed by atoms with Crippen LogP contribution in [-0.2, 0) is 11.8 Å². The summed E-state index contributed by atoms with van der Waals surface area (Å²) in [5.41, 5.74) is 2.46. The molecule has 3 heterocycles. The van der Waals surface area contributed by atoms with Crippen molar-refractivity contribution in [2.75, 3.05) is 37.7 Å². The minimum atomic E-state index is -0.0950. The van der Waals surface area contributed by atoms with E-state index in [0.29, 0.717) is 25.3 Å². The lowest BCUT2D eigenvalue weighted by molar-refractivity contribution is 0.0948. The summed E-state index contributed by atoms with van der Waals surface area (Å²) in [5, 5.41) is 2.99. The zero-order valence-electron chi connectivity index (χ0n) is 15.6. The molecule has 1 N–H and O–H groups in total. The molecule has 1 aliphatic rings. The third-order valence-corrected chi connectivity index (χ3v) is 5.01. The monoisotopic (exact) mass is 368 g/mol. The van der Waals surface area contributed by atoms with Crippen LogP contribution in [0, 0.1) is 0 Å². The van der Waals surface area contributed by atoms with Gasteiger partial charge in [0.25, 0.3) is 5.91 Å². The predicted molar refractivity (Wildman–Crippen MR) is 103 cm³/mol. The number of hydrogen-bond donors (Lipinski definition) is 1. The Balaban J connectivity index is 1.49. The quantitative estimate of drug-likeness (QED) is 0.740. The molecule has 1 atom stereocenters. The summed E-state index contributed by atoms with van der Waals surface area (Å²) >= 11 is 0. The number of imidazole rings is 2. The van der Waals surface area contributed by atoms with Gasteiger partial charge in [0.2, 0.25) is 5.95 Å². The Morgan fingerprint density at radius 3 is 2.89 bits per heavy atom. The van der Waals surface area contributed by atoms with Crippen molar-refractivity contribution < 1.29 is 9.53 Å². The van der Waals surface area contributed by atoms with E-state index in [1.165, 1.54) is 0 Å². The molecular weight excluding hydrogens is 344 g/mol. The maximum absolute atomic E-state index is 12.6. The molecular formula is C19H24N6O2. The van der Waals surface area contributed by atoms with Gasteiger partial charge in [0, 0.05) is 50.7 Å². The Hall–Kier alpha value is -2.87. The molecule has 27 heavy (non-hydrogen) atoms. The first kappa shape index (κ1) is 17.5. The summed E-state index contributed by atoms with van der Waals surface area (Å²) in [7, 11) is 2.01. The number of morpholine rings is 1. The Morgan fingerprint density at radius 1 is 1.33 bits per heavy atom. The van der Waals surface area contributed by atoms with Crippen molar-refractivity contribution in [1.29, 1.82) is 0 Å². The first-order valence-electron chi connectivity index (χ1n) is 9.18. The number of carbonyl (C=O) groups excluding carboxylic acids is 1. The van der Waals surface area contributed by atoms with Gasteiger partial charge in [0.1, 0.15) is 0 Å². The van der Waals surface area contributed by atoms with Crippen molar-refractivity contribution in [3.63, 3.8) is 0 Å². The molecule has 1 fully saturated rings. The van der Waals surface area contributed by atoms with Crippen LogP contribution < -0.4 is 10.2 Å². The van der Waals surface area contributed by atoms with Gasteiger partial charge in [0.15, 0.2) is 0 Å². The topological polar surface area (TPSA) is 77.2 Å². The average molecular weight is 368 g/mol. The van der Waals surface area contributed by atoms with Crippen LogP contribution in [0.4, 0.5) is 5.95 Å². The zero-order valence-corrected chi connectivity index (χ0v) is 15.6. The highest BCUT2D eigenvalue weighted by Crippen LogP contribution is 2.23. The van der Waals surface area contributed by atoms with Crippen molar-refractivity contribution in [3.8, 4) is 0 Å². The van der Waals surface area contributed by atoms with E-state index in [1.807, 2.05) is 42.9 Å². The van der Waals surface area contributed by atoms with Crippen LogP contribution in [0.1, 0.15) is 23.3 Å². The smallest absolute Gasteiger partial charge is 0.251 e. The molecule has 1 aromatic carbocycles. The number of hydrogen-bond acceptors (Lipinski definition) is 5. The van der Waals surface area contributed by atoms with Crippen molar-refractivity contribution in [2.24, 2.45) is 7.05 Å². The molecule has 2 aromatic heterocycles. The largest absolute Gasteiger partial charge is 0.378 e. The van der Waals surface area contributed by atoms with Crippen molar-refractivity contribution in [1.82, 2.24) is 24.4 Å². The second-order valence-corrected chi connectivity index (χ2v) is 6.84. The van der Waals surface area contributed by atoms with Crippen LogP contribution in [0.25, 0.3) is 11.0 Å². The average Bonchev–Trinajstić information content (AvgIpc) is 3.35. The van der Waals surface area contributed by atoms with Gasteiger partial charge in [-0.25, -0.2) is 9.97 Å². The lowest BCUT2D eigenvalue weighted by Gasteiger charge is -2.27. The van der Waals surface area contributed by atoms with Gasteiger partial charge in [-0.2, -0.15) is 0 Å². The lowest BCUT2D eigenvalue weighted by atomic mass is 10.2. The van der Waals surface area contributed by atoms with Crippen molar-refractivity contribution >= 4 is 22.9 Å². The SMILES string of the molecule is C[C@@H](CNC(=O)c1ccc2c(c1)nc(N1CCOCC1)n2C)n1ccnc1. The van der Waals surface area contributed by atoms with E-state index in [1.54, 1.807) is 12.5 Å². The lowest BCUT2D eigenvalue weighted by Crippen LogP contribution is -2.37. The summed E-state index contributed by atoms with van der Waals surface area (Å²) in [6.07, 6.45) is 5.38. The van der Waals surface area contributed by atoms with Gasteiger partial charge in [-0.3, -0.25) is 4.79 Å². The van der Waals surface area contributed by atoms with Crippen LogP contribution in [0.2, 0.25) is 0 Å². The number of aryl methyl sites for hydroxylation is 1. The van der Waals surface area contributed by atoms with Gasteiger partial charge in [-0.1, -0.05) is 0 Å². The van der Waals surface area contributed by atoms with Gasteiger partial charge in [-0.05, 0) is 25.1 Å². The first-order chi connectivity index (χ1) is 13.1. The van der Waals surface area contributed by atoms with E-state index < -0.39 is 0 Å². The second-order valence-electron chi connectivity index (χ2n) is 6.84. The third-order valence-electron chi connectivity index (χ3n) is 5.01. The van der Waals surface area contributed by atoms with Gasteiger partial charge < -0.3 is 24.1 Å². The van der Waals surface area contributed by atoms with E-state index in [4.69, 9.17) is 9.72 Å². The number of anilines is 1. The number of rotatable bonds is 5. The standard InChI is InChI=1S/C19H24N6O2/c1-14(25-6-5-20-13-25)12-21-18(26)15-3-4-17-16(11-15)22-19(23(17)2)24-7-9-27-10-8-24/h3-6,11,13-14H,7-10,12H2,1-2H3,(H,21,26)/t14-/m0/s1. The number of amides is 1. The fourth-order valence-electron chi connectivity index (χ4n) is 3.35. The van der Waals surface area contributed by atoms with Gasteiger partial charge in [0.05, 0.1) is 30.6 Å². The van der Waals surface area contributed by atoms with Crippen molar-refractivity contribution in [2.45, 2.75) is 13.0 Å². The Labute approximate surface area is 157 Å². The fourth-order valence-corrected chi connectivity index (χ4v) is 3.35. The van der Waals surface area contributed by atoms with Crippen molar-refractivity contribution in [3.05, 3.63) is 42.5 Å². The molecule has 4 rings (SSSR count). The maximum Gasteiger partial charge on any atom is 0.251 e. The minimum absolute atomic E-state index is 0.0950. The van der Waals surface area contributed by atoms with Crippen LogP contribution in [0.5, 0.6) is 0 Å². The maximum atomic E-state index is 12.6. The number of aromatic nitrogens is 4. The molecule has 3 aromatic rings. The number of nitrogens with one attached hydrogen (secondary N) is 1. The number of nitrogens with zero attached hydrogens (tertiary/aromatic N) is 5. The highest BCUT2D eigenvalue weighted by atomic mass is 16.5. The molecule has 0 aliphatic carbocycles. The Kier molecular flexibility index (Phi) is 4.81. The summed E-state index contributed by atoms with van der Waals surface area (Å²) in [6, 6.07) is 5.81. The van der Waals surface area contributed by atoms with Gasteiger partial charge >= 0.3 is 0 Å². The molecule has 8 nitrogen and oxygen atoms in total. The number of ether oxygens (including phenoxy) is 1. The summed E-state index contributed by atoms with van der Waals surface area (Å²) < 4.78 is 9.46. The highest BCUT2D eigenvalue weighted by Gasteiger charge is 2.18. The van der Waals surface area contributed by atoms with Crippen LogP contribution in [-0.4, -0.2) is 57.9 Å². The third kappa shape index (κ3) is 3.52. The predicted octanol–water partition coefficient (Wildman–Crippen LogP) is 1.60. The van der Waals surface area contributed by atoms with Gasteiger partial charge in [-0.15, -0.1) is 0 Å². The van der Waals surface area contributed by atoms with E-state index >= 15 is 0 Å². The van der Waals surface area contributed by atoms with E-state index in [9.17, 15) is 4.79 Å². The minimum Gasteiger partial charge on any atom is -0.378 e. The van der Waals surface area contributed by atoms with E-state index in [2.05, 4.69) is 19.8 Å². The summed E-state index contributed by atoms with van der Waals surface area (Å²) in [5.74, 6) is 0.821. The molecule has 142 valence electrons. The normalized spacial score (nSPS) is 15.9. The number of fused-ring (bicyclic) bond motifs is 1.